The number of para-hydroxylation sites is 2. The highest BCUT2D eigenvalue weighted by atomic mass is 32.2. The Bertz CT molecular complexity index is 582. The number of carbonyl (C=O) groups excluding carboxylic acids is 1. The van der Waals surface area contributed by atoms with E-state index in [4.69, 9.17) is 4.74 Å². The number of ether oxygens (including phenoxy) is 1. The molecule has 0 aliphatic rings. The van der Waals surface area contributed by atoms with Gasteiger partial charge in [0.1, 0.15) is 12.3 Å². The number of carbonyl (C=O) groups is 1. The molecule has 21 heavy (non-hydrogen) atoms. The van der Waals surface area contributed by atoms with Crippen LogP contribution in [-0.2, 0) is 14.8 Å². The highest BCUT2D eigenvalue weighted by molar-refractivity contribution is 7.92. The summed E-state index contributed by atoms with van der Waals surface area (Å²) in [5.41, 5.74) is 0.364. The predicted octanol–water partition coefficient (Wildman–Crippen LogP) is 1.33. The van der Waals surface area contributed by atoms with Crippen LogP contribution in [0, 0.1) is 0 Å². The monoisotopic (exact) mass is 314 g/mol. The summed E-state index contributed by atoms with van der Waals surface area (Å²) in [6.07, 6.45) is 1.08. The average molecular weight is 314 g/mol. The molecule has 0 atom stereocenters. The number of methoxy groups -OCH3 is 1. The van der Waals surface area contributed by atoms with Gasteiger partial charge in [0.2, 0.25) is 15.9 Å². The number of nitrogens with zero attached hydrogens (tertiary/aromatic N) is 2. The Morgan fingerprint density at radius 2 is 1.76 bits per heavy atom. The van der Waals surface area contributed by atoms with Gasteiger partial charge in [0, 0.05) is 13.1 Å². The molecule has 0 aliphatic carbocycles. The van der Waals surface area contributed by atoms with E-state index in [1.807, 2.05) is 13.8 Å². The Morgan fingerprint density at radius 3 is 2.24 bits per heavy atom. The van der Waals surface area contributed by atoms with E-state index >= 15 is 0 Å². The van der Waals surface area contributed by atoms with Crippen LogP contribution >= 0.6 is 0 Å². The lowest BCUT2D eigenvalue weighted by Crippen LogP contribution is -2.42. The van der Waals surface area contributed by atoms with Crippen LogP contribution in [0.4, 0.5) is 5.69 Å². The molecule has 0 saturated carbocycles. The quantitative estimate of drug-likeness (QED) is 0.761. The Kier molecular flexibility index (Phi) is 6.02. The van der Waals surface area contributed by atoms with Crippen molar-refractivity contribution < 1.29 is 17.9 Å². The van der Waals surface area contributed by atoms with Gasteiger partial charge < -0.3 is 9.64 Å². The van der Waals surface area contributed by atoms with Crippen molar-refractivity contribution in [3.8, 4) is 5.75 Å². The highest BCUT2D eigenvalue weighted by Gasteiger charge is 2.25. The average Bonchev–Trinajstić information content (AvgIpc) is 2.45. The summed E-state index contributed by atoms with van der Waals surface area (Å²) in [4.78, 5) is 13.8. The number of anilines is 1. The van der Waals surface area contributed by atoms with Crippen molar-refractivity contribution in [3.63, 3.8) is 0 Å². The number of hydrogen-bond donors (Lipinski definition) is 0. The molecule has 0 spiro atoms. The van der Waals surface area contributed by atoms with Crippen LogP contribution in [0.2, 0.25) is 0 Å². The van der Waals surface area contributed by atoms with E-state index in [-0.39, 0.29) is 12.5 Å². The van der Waals surface area contributed by atoms with Gasteiger partial charge in [-0.2, -0.15) is 0 Å². The van der Waals surface area contributed by atoms with Crippen molar-refractivity contribution in [2.75, 3.05) is 37.3 Å². The Hall–Kier alpha value is -1.76. The zero-order chi connectivity index (χ0) is 16.0. The SMILES string of the molecule is CCN(CC)C(=O)CN(c1ccccc1OC)S(C)(=O)=O. The van der Waals surface area contributed by atoms with Crippen molar-refractivity contribution in [2.24, 2.45) is 0 Å². The first-order valence-electron chi connectivity index (χ1n) is 6.73. The molecule has 0 radical (unpaired) electrons. The lowest BCUT2D eigenvalue weighted by Gasteiger charge is -2.27. The van der Waals surface area contributed by atoms with Crippen molar-refractivity contribution in [3.05, 3.63) is 24.3 Å². The maximum absolute atomic E-state index is 12.2. The minimum Gasteiger partial charge on any atom is -0.495 e. The van der Waals surface area contributed by atoms with Gasteiger partial charge >= 0.3 is 0 Å². The zero-order valence-electron chi connectivity index (χ0n) is 12.9. The maximum atomic E-state index is 12.2. The summed E-state index contributed by atoms with van der Waals surface area (Å²) in [7, 11) is -2.13. The second-order valence-electron chi connectivity index (χ2n) is 4.51. The summed E-state index contributed by atoms with van der Waals surface area (Å²) in [6.45, 7) is 4.56. The summed E-state index contributed by atoms with van der Waals surface area (Å²) in [6, 6.07) is 6.73. The van der Waals surface area contributed by atoms with Crippen LogP contribution in [0.3, 0.4) is 0 Å². The summed E-state index contributed by atoms with van der Waals surface area (Å²) in [5, 5.41) is 0. The molecular weight excluding hydrogens is 292 g/mol. The molecule has 7 heteroatoms. The molecular formula is C14H22N2O4S. The molecule has 0 unspecified atom stereocenters. The van der Waals surface area contributed by atoms with Crippen LogP contribution in [-0.4, -0.2) is 52.2 Å². The first kappa shape index (κ1) is 17.3. The van der Waals surface area contributed by atoms with Gasteiger partial charge in [-0.25, -0.2) is 8.42 Å². The van der Waals surface area contributed by atoms with Gasteiger partial charge in [0.15, 0.2) is 0 Å². The van der Waals surface area contributed by atoms with E-state index < -0.39 is 10.0 Å². The summed E-state index contributed by atoms with van der Waals surface area (Å²) >= 11 is 0. The smallest absolute Gasteiger partial charge is 0.243 e. The Morgan fingerprint density at radius 1 is 1.19 bits per heavy atom. The molecule has 0 fully saturated rings. The number of hydrogen-bond acceptors (Lipinski definition) is 4. The van der Waals surface area contributed by atoms with Crippen LogP contribution in [0.15, 0.2) is 24.3 Å². The first-order valence-corrected chi connectivity index (χ1v) is 8.58. The third-order valence-electron chi connectivity index (χ3n) is 3.15. The van der Waals surface area contributed by atoms with Crippen molar-refractivity contribution in [2.45, 2.75) is 13.8 Å². The molecule has 0 heterocycles. The fourth-order valence-electron chi connectivity index (χ4n) is 2.02. The van der Waals surface area contributed by atoms with E-state index in [0.717, 1.165) is 10.6 Å². The largest absolute Gasteiger partial charge is 0.495 e. The summed E-state index contributed by atoms with van der Waals surface area (Å²) in [5.74, 6) is 0.173. The molecule has 0 saturated heterocycles. The van der Waals surface area contributed by atoms with E-state index in [1.54, 1.807) is 29.2 Å². The van der Waals surface area contributed by atoms with Crippen molar-refractivity contribution >= 4 is 21.6 Å². The molecule has 0 N–H and O–H groups in total. The third-order valence-corrected chi connectivity index (χ3v) is 4.28. The van der Waals surface area contributed by atoms with Crippen LogP contribution < -0.4 is 9.04 Å². The van der Waals surface area contributed by atoms with Gasteiger partial charge in [-0.1, -0.05) is 12.1 Å². The van der Waals surface area contributed by atoms with Crippen LogP contribution in [0.5, 0.6) is 5.75 Å². The number of amides is 1. The van der Waals surface area contributed by atoms with Gasteiger partial charge in [-0.15, -0.1) is 0 Å². The standard InChI is InChI=1S/C14H22N2O4S/c1-5-15(6-2)14(17)11-16(21(4,18)19)12-9-7-8-10-13(12)20-3/h7-10H,5-6,11H2,1-4H3. The number of benzene rings is 1. The van der Waals surface area contributed by atoms with Crippen molar-refractivity contribution in [1.82, 2.24) is 4.90 Å². The first-order chi connectivity index (χ1) is 9.85. The van der Waals surface area contributed by atoms with Gasteiger partial charge in [-0.05, 0) is 26.0 Å². The predicted molar refractivity (Wildman–Crippen MR) is 83.1 cm³/mol. The highest BCUT2D eigenvalue weighted by Crippen LogP contribution is 2.29. The van der Waals surface area contributed by atoms with E-state index in [9.17, 15) is 13.2 Å². The molecule has 1 aromatic carbocycles. The minimum absolute atomic E-state index is 0.235. The zero-order valence-corrected chi connectivity index (χ0v) is 13.7. The van der Waals surface area contributed by atoms with Crippen molar-refractivity contribution in [1.29, 1.82) is 0 Å². The maximum Gasteiger partial charge on any atom is 0.243 e. The second-order valence-corrected chi connectivity index (χ2v) is 6.41. The lowest BCUT2D eigenvalue weighted by atomic mass is 10.3. The molecule has 0 aromatic heterocycles. The molecule has 118 valence electrons. The molecule has 6 nitrogen and oxygen atoms in total. The van der Waals surface area contributed by atoms with Gasteiger partial charge in [0.05, 0.1) is 19.1 Å². The fourth-order valence-corrected chi connectivity index (χ4v) is 2.87. The topological polar surface area (TPSA) is 66.9 Å². The van der Waals surface area contributed by atoms with E-state index in [1.165, 1.54) is 7.11 Å². The molecule has 1 rings (SSSR count). The molecule has 0 aliphatic heterocycles. The minimum atomic E-state index is -3.59. The Labute approximate surface area is 126 Å². The third kappa shape index (κ3) is 4.35. The van der Waals surface area contributed by atoms with Gasteiger partial charge in [0.25, 0.3) is 0 Å². The van der Waals surface area contributed by atoms with Gasteiger partial charge in [-0.3, -0.25) is 9.10 Å². The number of rotatable bonds is 7. The molecule has 0 bridgehead atoms. The Balaban J connectivity index is 3.17. The fraction of sp³-hybridized carbons (Fsp3) is 0.500. The normalized spacial score (nSPS) is 11.0. The molecule has 1 aromatic rings. The second kappa shape index (κ2) is 7.31. The summed E-state index contributed by atoms with van der Waals surface area (Å²) < 4.78 is 30.3. The molecule has 1 amide bonds. The number of likely N-dealkylation sites (N-methyl/N-ethyl adjacent to an activating group) is 1. The van der Waals surface area contributed by atoms with E-state index in [2.05, 4.69) is 0 Å². The number of sulfonamides is 1. The van der Waals surface area contributed by atoms with Crippen LogP contribution in [0.25, 0.3) is 0 Å². The lowest BCUT2D eigenvalue weighted by molar-refractivity contribution is -0.129. The van der Waals surface area contributed by atoms with Crippen LogP contribution in [0.1, 0.15) is 13.8 Å². The van der Waals surface area contributed by atoms with E-state index in [0.29, 0.717) is 24.5 Å².